The first kappa shape index (κ1) is 8.11. The minimum atomic E-state index is 0.455. The molecule has 0 unspecified atom stereocenters. The van der Waals surface area contributed by atoms with E-state index in [0.29, 0.717) is 11.7 Å². The Morgan fingerprint density at radius 2 is 1.73 bits per heavy atom. The fraction of sp³-hybridized carbons (Fsp3) is 0. The average molecular weight is 197 g/mol. The molecule has 2 aromatic heterocycles. The van der Waals surface area contributed by atoms with E-state index >= 15 is 0 Å². The summed E-state index contributed by atoms with van der Waals surface area (Å²) in [6, 6.07) is 9.34. The van der Waals surface area contributed by atoms with E-state index in [9.17, 15) is 0 Å². The van der Waals surface area contributed by atoms with Gasteiger partial charge in [0.05, 0.1) is 0 Å². The van der Waals surface area contributed by atoms with Crippen LogP contribution in [-0.4, -0.2) is 15.0 Å². The fourth-order valence-electron chi connectivity index (χ4n) is 1.38. The van der Waals surface area contributed by atoms with Crippen LogP contribution in [0.2, 0.25) is 0 Å². The van der Waals surface area contributed by atoms with Crippen LogP contribution in [0, 0.1) is 0 Å². The van der Waals surface area contributed by atoms with Crippen LogP contribution in [0.1, 0.15) is 0 Å². The standard InChI is InChI=1S/C11H7N3O/c1-2-5-9-8(4-1)14-11(15-9)10-12-6-3-7-13-10/h1-7H. The highest BCUT2D eigenvalue weighted by molar-refractivity contribution is 5.74. The zero-order valence-corrected chi connectivity index (χ0v) is 7.79. The average Bonchev–Trinajstić information content (AvgIpc) is 2.74. The molecular weight excluding hydrogens is 190 g/mol. The van der Waals surface area contributed by atoms with Gasteiger partial charge in [-0.15, -0.1) is 0 Å². The first-order valence-electron chi connectivity index (χ1n) is 4.56. The van der Waals surface area contributed by atoms with Crippen LogP contribution in [-0.2, 0) is 0 Å². The van der Waals surface area contributed by atoms with Crippen molar-refractivity contribution in [1.29, 1.82) is 0 Å². The number of rotatable bonds is 1. The molecule has 0 atom stereocenters. The predicted molar refractivity (Wildman–Crippen MR) is 55.0 cm³/mol. The lowest BCUT2D eigenvalue weighted by atomic mass is 10.3. The smallest absolute Gasteiger partial charge is 0.266 e. The summed E-state index contributed by atoms with van der Waals surface area (Å²) in [5.74, 6) is 0.963. The molecule has 0 N–H and O–H groups in total. The Labute approximate surface area is 85.6 Å². The topological polar surface area (TPSA) is 51.8 Å². The van der Waals surface area contributed by atoms with Crippen LogP contribution in [0.5, 0.6) is 0 Å². The zero-order chi connectivity index (χ0) is 10.1. The van der Waals surface area contributed by atoms with Gasteiger partial charge < -0.3 is 4.42 Å². The normalized spacial score (nSPS) is 10.7. The second kappa shape index (κ2) is 3.16. The van der Waals surface area contributed by atoms with E-state index in [2.05, 4.69) is 15.0 Å². The van der Waals surface area contributed by atoms with Gasteiger partial charge in [0, 0.05) is 12.4 Å². The molecular formula is C11H7N3O. The quantitative estimate of drug-likeness (QED) is 0.600. The Morgan fingerprint density at radius 3 is 2.53 bits per heavy atom. The number of para-hydroxylation sites is 2. The lowest BCUT2D eigenvalue weighted by Gasteiger charge is -1.89. The maximum Gasteiger partial charge on any atom is 0.266 e. The number of hydrogen-bond acceptors (Lipinski definition) is 4. The minimum absolute atomic E-state index is 0.455. The second-order valence-electron chi connectivity index (χ2n) is 3.06. The lowest BCUT2D eigenvalue weighted by Crippen LogP contribution is -1.85. The molecule has 0 saturated heterocycles. The molecule has 0 spiro atoms. The van der Waals surface area contributed by atoms with Gasteiger partial charge in [-0.1, -0.05) is 12.1 Å². The monoisotopic (exact) mass is 197 g/mol. The maximum absolute atomic E-state index is 5.52. The van der Waals surface area contributed by atoms with E-state index in [1.807, 2.05) is 24.3 Å². The molecule has 0 aliphatic heterocycles. The van der Waals surface area contributed by atoms with Crippen molar-refractivity contribution in [2.24, 2.45) is 0 Å². The molecule has 0 aliphatic carbocycles. The Bertz CT molecular complexity index is 556. The highest BCUT2D eigenvalue weighted by Crippen LogP contribution is 2.20. The van der Waals surface area contributed by atoms with Crippen molar-refractivity contribution in [3.05, 3.63) is 42.7 Å². The SMILES string of the molecule is c1cnc(-c2nc3ccccc3o2)nc1. The van der Waals surface area contributed by atoms with Crippen molar-refractivity contribution in [1.82, 2.24) is 15.0 Å². The maximum atomic E-state index is 5.52. The van der Waals surface area contributed by atoms with Gasteiger partial charge in [0.25, 0.3) is 5.89 Å². The van der Waals surface area contributed by atoms with Crippen LogP contribution in [0.25, 0.3) is 22.8 Å². The molecule has 0 saturated carbocycles. The summed E-state index contributed by atoms with van der Waals surface area (Å²) in [7, 11) is 0. The molecule has 2 heterocycles. The predicted octanol–water partition coefficient (Wildman–Crippen LogP) is 2.28. The third-order valence-corrected chi connectivity index (χ3v) is 2.05. The van der Waals surface area contributed by atoms with E-state index in [0.717, 1.165) is 11.1 Å². The molecule has 0 amide bonds. The summed E-state index contributed by atoms with van der Waals surface area (Å²) in [5, 5.41) is 0. The van der Waals surface area contributed by atoms with Gasteiger partial charge in [-0.05, 0) is 18.2 Å². The van der Waals surface area contributed by atoms with Gasteiger partial charge in [-0.3, -0.25) is 0 Å². The van der Waals surface area contributed by atoms with Gasteiger partial charge in [-0.25, -0.2) is 15.0 Å². The number of benzene rings is 1. The minimum Gasteiger partial charge on any atom is -0.434 e. The van der Waals surface area contributed by atoms with Crippen molar-refractivity contribution < 1.29 is 4.42 Å². The molecule has 0 bridgehead atoms. The Balaban J connectivity index is 2.21. The molecule has 3 rings (SSSR count). The molecule has 4 heteroatoms. The van der Waals surface area contributed by atoms with Crippen LogP contribution in [0.4, 0.5) is 0 Å². The number of oxazole rings is 1. The summed E-state index contributed by atoms with van der Waals surface area (Å²) in [5.41, 5.74) is 1.57. The fourth-order valence-corrected chi connectivity index (χ4v) is 1.38. The first-order chi connectivity index (χ1) is 7.43. The first-order valence-corrected chi connectivity index (χ1v) is 4.56. The molecule has 0 fully saturated rings. The number of hydrogen-bond donors (Lipinski definition) is 0. The highest BCUT2D eigenvalue weighted by atomic mass is 16.3. The summed E-state index contributed by atoms with van der Waals surface area (Å²) in [6.45, 7) is 0. The molecule has 0 radical (unpaired) electrons. The van der Waals surface area contributed by atoms with Crippen molar-refractivity contribution in [3.63, 3.8) is 0 Å². The molecule has 1 aromatic carbocycles. The van der Waals surface area contributed by atoms with Crippen molar-refractivity contribution in [3.8, 4) is 11.7 Å². The zero-order valence-electron chi connectivity index (χ0n) is 7.79. The Hall–Kier alpha value is -2.23. The highest BCUT2D eigenvalue weighted by Gasteiger charge is 2.08. The number of fused-ring (bicyclic) bond motifs is 1. The summed E-state index contributed by atoms with van der Waals surface area (Å²) in [6.07, 6.45) is 3.33. The molecule has 3 aromatic rings. The van der Waals surface area contributed by atoms with E-state index < -0.39 is 0 Å². The Morgan fingerprint density at radius 1 is 0.933 bits per heavy atom. The van der Waals surface area contributed by atoms with E-state index in [4.69, 9.17) is 4.42 Å². The lowest BCUT2D eigenvalue weighted by molar-refractivity contribution is 0.613. The Kier molecular flexibility index (Phi) is 1.71. The number of nitrogens with zero attached hydrogens (tertiary/aromatic N) is 3. The summed E-state index contributed by atoms with van der Waals surface area (Å²) >= 11 is 0. The van der Waals surface area contributed by atoms with E-state index in [1.54, 1.807) is 18.5 Å². The molecule has 72 valence electrons. The van der Waals surface area contributed by atoms with E-state index in [1.165, 1.54) is 0 Å². The van der Waals surface area contributed by atoms with Crippen molar-refractivity contribution >= 4 is 11.1 Å². The van der Waals surface area contributed by atoms with Crippen LogP contribution in [0.3, 0.4) is 0 Å². The largest absolute Gasteiger partial charge is 0.434 e. The molecule has 0 aliphatic rings. The molecule has 4 nitrogen and oxygen atoms in total. The van der Waals surface area contributed by atoms with Crippen LogP contribution >= 0.6 is 0 Å². The third kappa shape index (κ3) is 1.36. The summed E-state index contributed by atoms with van der Waals surface area (Å²) in [4.78, 5) is 12.4. The van der Waals surface area contributed by atoms with Gasteiger partial charge in [0.2, 0.25) is 5.82 Å². The van der Waals surface area contributed by atoms with Gasteiger partial charge >= 0.3 is 0 Å². The van der Waals surface area contributed by atoms with Crippen molar-refractivity contribution in [2.75, 3.05) is 0 Å². The van der Waals surface area contributed by atoms with Crippen LogP contribution < -0.4 is 0 Å². The van der Waals surface area contributed by atoms with Gasteiger partial charge in [-0.2, -0.15) is 0 Å². The third-order valence-electron chi connectivity index (χ3n) is 2.05. The molecule has 15 heavy (non-hydrogen) atoms. The second-order valence-corrected chi connectivity index (χ2v) is 3.06. The van der Waals surface area contributed by atoms with E-state index in [-0.39, 0.29) is 0 Å². The summed E-state index contributed by atoms with van der Waals surface area (Å²) < 4.78 is 5.52. The van der Waals surface area contributed by atoms with Crippen molar-refractivity contribution in [2.45, 2.75) is 0 Å². The van der Waals surface area contributed by atoms with Gasteiger partial charge in [0.1, 0.15) is 5.52 Å². The number of aromatic nitrogens is 3. The van der Waals surface area contributed by atoms with Crippen LogP contribution in [0.15, 0.2) is 47.1 Å². The van der Waals surface area contributed by atoms with Gasteiger partial charge in [0.15, 0.2) is 5.58 Å².